The Morgan fingerprint density at radius 2 is 1.94 bits per heavy atom. The minimum Gasteiger partial charge on any atom is -0.394 e. The Kier molecular flexibility index (Phi) is 7.91. The Hall–Kier alpha value is -0.200. The number of rotatable bonds is 4. The fourth-order valence-corrected chi connectivity index (χ4v) is 1.35. The third kappa shape index (κ3) is 6.33. The molecule has 1 atom stereocenters. The second-order valence-corrected chi connectivity index (χ2v) is 4.55. The summed E-state index contributed by atoms with van der Waals surface area (Å²) >= 11 is 0. The summed E-state index contributed by atoms with van der Waals surface area (Å²) in [5.41, 5.74) is 5.33. The second-order valence-electron chi connectivity index (χ2n) is 4.55. The number of nitrogens with two attached hydrogens (primary N) is 1. The largest absolute Gasteiger partial charge is 0.394 e. The van der Waals surface area contributed by atoms with Crippen LogP contribution in [0.2, 0.25) is 0 Å². The summed E-state index contributed by atoms with van der Waals surface area (Å²) in [6.07, 6.45) is 2.35. The average molecular weight is 248 g/mol. The van der Waals surface area contributed by atoms with Crippen molar-refractivity contribution in [1.82, 2.24) is 5.32 Å². The van der Waals surface area contributed by atoms with E-state index in [4.69, 9.17) is 15.6 Å². The van der Waals surface area contributed by atoms with Crippen molar-refractivity contribution in [3.8, 4) is 0 Å². The number of hydrogen-bond donors (Lipinski definition) is 4. The summed E-state index contributed by atoms with van der Waals surface area (Å²) in [7, 11) is 0. The molecule has 5 nitrogen and oxygen atoms in total. The fourth-order valence-electron chi connectivity index (χ4n) is 1.35. The maximum absolute atomic E-state index is 9.40. The van der Waals surface area contributed by atoms with Gasteiger partial charge in [-0.3, -0.25) is 0 Å². The molecule has 1 rings (SSSR count). The zero-order chi connectivity index (χ0) is 13.4. The number of morpholine rings is 1. The lowest BCUT2D eigenvalue weighted by molar-refractivity contribution is -0.214. The first-order valence-corrected chi connectivity index (χ1v) is 6.42. The molecule has 1 aliphatic heterocycles. The smallest absolute Gasteiger partial charge is 0.177 e. The lowest BCUT2D eigenvalue weighted by atomic mass is 9.96. The highest BCUT2D eigenvalue weighted by molar-refractivity contribution is 4.78. The standard InChI is InChI=1S/C6H13NO2.C6H15NO/c1-2-6(8)5-7-3-4-9-6;1-3-6(7,4-2)5-8/h7-8H,2-5H2,1H3;8H,3-5,7H2,1-2H3. The van der Waals surface area contributed by atoms with Gasteiger partial charge < -0.3 is 26.0 Å². The second kappa shape index (κ2) is 8.00. The zero-order valence-electron chi connectivity index (χ0n) is 11.3. The molecule has 0 aromatic rings. The van der Waals surface area contributed by atoms with Crippen LogP contribution in [0, 0.1) is 0 Å². The van der Waals surface area contributed by atoms with Crippen LogP contribution in [-0.2, 0) is 4.74 Å². The van der Waals surface area contributed by atoms with Crippen LogP contribution in [0.15, 0.2) is 0 Å². The fraction of sp³-hybridized carbons (Fsp3) is 1.00. The van der Waals surface area contributed by atoms with Crippen LogP contribution in [0.1, 0.15) is 40.0 Å². The van der Waals surface area contributed by atoms with Gasteiger partial charge in [-0.25, -0.2) is 0 Å². The molecule has 0 aliphatic carbocycles. The molecule has 17 heavy (non-hydrogen) atoms. The molecule has 1 aliphatic rings. The Labute approximate surface area is 104 Å². The third-order valence-electron chi connectivity index (χ3n) is 3.33. The molecule has 0 spiro atoms. The number of nitrogens with one attached hydrogen (secondary N) is 1. The summed E-state index contributed by atoms with van der Waals surface area (Å²) in [5, 5.41) is 21.1. The van der Waals surface area contributed by atoms with E-state index in [1.54, 1.807) is 0 Å². The lowest BCUT2D eigenvalue weighted by Crippen LogP contribution is -2.49. The van der Waals surface area contributed by atoms with Gasteiger partial charge in [-0.2, -0.15) is 0 Å². The Balaban J connectivity index is 0.000000304. The number of ether oxygens (including phenoxy) is 1. The minimum absolute atomic E-state index is 0.0972. The Morgan fingerprint density at radius 3 is 2.12 bits per heavy atom. The topological polar surface area (TPSA) is 87.7 Å². The number of aliphatic hydroxyl groups is 2. The zero-order valence-corrected chi connectivity index (χ0v) is 11.3. The molecule has 0 amide bonds. The van der Waals surface area contributed by atoms with Gasteiger partial charge in [-0.1, -0.05) is 20.8 Å². The molecule has 0 aromatic carbocycles. The summed E-state index contributed by atoms with van der Waals surface area (Å²) in [5.74, 6) is -0.891. The molecule has 0 aromatic heterocycles. The highest BCUT2D eigenvalue weighted by atomic mass is 16.6. The number of β-amino-alcohol motifs (C(OH)–C–C–N with tert-alkyl or cyclic N) is 1. The van der Waals surface area contributed by atoms with Gasteiger partial charge in [-0.05, 0) is 19.3 Å². The van der Waals surface area contributed by atoms with E-state index in [0.717, 1.165) is 19.4 Å². The van der Waals surface area contributed by atoms with Gasteiger partial charge >= 0.3 is 0 Å². The van der Waals surface area contributed by atoms with Crippen molar-refractivity contribution < 1.29 is 14.9 Å². The van der Waals surface area contributed by atoms with Crippen LogP contribution in [0.25, 0.3) is 0 Å². The molecule has 5 N–H and O–H groups in total. The highest BCUT2D eigenvalue weighted by Crippen LogP contribution is 2.12. The van der Waals surface area contributed by atoms with Crippen LogP contribution in [0.4, 0.5) is 0 Å². The molecule has 1 unspecified atom stereocenters. The maximum Gasteiger partial charge on any atom is 0.177 e. The van der Waals surface area contributed by atoms with E-state index in [1.165, 1.54) is 0 Å². The number of hydrogen-bond acceptors (Lipinski definition) is 5. The summed E-state index contributed by atoms with van der Waals surface area (Å²) in [4.78, 5) is 0. The van der Waals surface area contributed by atoms with E-state index in [1.807, 2.05) is 20.8 Å². The quantitative estimate of drug-likeness (QED) is 0.571. The van der Waals surface area contributed by atoms with E-state index in [-0.39, 0.29) is 12.1 Å². The van der Waals surface area contributed by atoms with Crippen molar-refractivity contribution in [3.05, 3.63) is 0 Å². The first-order chi connectivity index (χ1) is 7.95. The monoisotopic (exact) mass is 248 g/mol. The molecular weight excluding hydrogens is 220 g/mol. The van der Waals surface area contributed by atoms with E-state index in [0.29, 0.717) is 19.6 Å². The predicted octanol–water partition coefficient (Wildman–Crippen LogP) is 0.201. The molecular formula is C12H28N2O3. The highest BCUT2D eigenvalue weighted by Gasteiger charge is 2.27. The molecule has 1 fully saturated rings. The first kappa shape index (κ1) is 16.8. The Morgan fingerprint density at radius 1 is 1.35 bits per heavy atom. The van der Waals surface area contributed by atoms with Gasteiger partial charge in [0, 0.05) is 18.6 Å². The lowest BCUT2D eigenvalue weighted by Gasteiger charge is -2.31. The predicted molar refractivity (Wildman–Crippen MR) is 68.6 cm³/mol. The third-order valence-corrected chi connectivity index (χ3v) is 3.33. The van der Waals surface area contributed by atoms with Crippen LogP contribution in [0.3, 0.4) is 0 Å². The van der Waals surface area contributed by atoms with E-state index >= 15 is 0 Å². The van der Waals surface area contributed by atoms with Crippen LogP contribution in [0.5, 0.6) is 0 Å². The van der Waals surface area contributed by atoms with E-state index in [2.05, 4.69) is 5.32 Å². The first-order valence-electron chi connectivity index (χ1n) is 6.42. The van der Waals surface area contributed by atoms with Gasteiger partial charge in [0.1, 0.15) is 0 Å². The van der Waals surface area contributed by atoms with Crippen molar-refractivity contribution >= 4 is 0 Å². The molecule has 0 bridgehead atoms. The van der Waals surface area contributed by atoms with Crippen molar-refractivity contribution in [3.63, 3.8) is 0 Å². The van der Waals surface area contributed by atoms with Crippen molar-refractivity contribution in [1.29, 1.82) is 0 Å². The van der Waals surface area contributed by atoms with Gasteiger partial charge in [0.05, 0.1) is 13.2 Å². The molecule has 5 heteroatoms. The van der Waals surface area contributed by atoms with Gasteiger partial charge in [0.25, 0.3) is 0 Å². The molecule has 104 valence electrons. The molecule has 0 saturated carbocycles. The average Bonchev–Trinajstić information content (AvgIpc) is 2.39. The summed E-state index contributed by atoms with van der Waals surface area (Å²) in [6, 6.07) is 0. The Bertz CT molecular complexity index is 182. The van der Waals surface area contributed by atoms with Crippen molar-refractivity contribution in [2.45, 2.75) is 51.4 Å². The number of aliphatic hydroxyl groups excluding tert-OH is 1. The maximum atomic E-state index is 9.40. The molecule has 0 radical (unpaired) electrons. The van der Waals surface area contributed by atoms with Crippen LogP contribution in [-0.4, -0.2) is 47.8 Å². The SMILES string of the molecule is CCC(N)(CC)CO.CCC1(O)CNCCO1. The van der Waals surface area contributed by atoms with Gasteiger partial charge in [-0.15, -0.1) is 0 Å². The molecule has 1 heterocycles. The van der Waals surface area contributed by atoms with Gasteiger partial charge in [0.15, 0.2) is 5.79 Å². The van der Waals surface area contributed by atoms with Crippen molar-refractivity contribution in [2.24, 2.45) is 5.73 Å². The van der Waals surface area contributed by atoms with E-state index in [9.17, 15) is 5.11 Å². The van der Waals surface area contributed by atoms with Crippen molar-refractivity contribution in [2.75, 3.05) is 26.3 Å². The normalized spacial score (nSPS) is 25.1. The van der Waals surface area contributed by atoms with Gasteiger partial charge in [0.2, 0.25) is 0 Å². The van der Waals surface area contributed by atoms with Crippen LogP contribution < -0.4 is 11.1 Å². The molecule has 1 saturated heterocycles. The van der Waals surface area contributed by atoms with E-state index < -0.39 is 5.79 Å². The minimum atomic E-state index is -0.891. The summed E-state index contributed by atoms with van der Waals surface area (Å²) < 4.78 is 5.11. The van der Waals surface area contributed by atoms with Crippen LogP contribution >= 0.6 is 0 Å². The summed E-state index contributed by atoms with van der Waals surface area (Å²) in [6.45, 7) is 8.00.